The number of fused-ring (bicyclic) bond motifs is 1. The monoisotopic (exact) mass is 260 g/mol. The summed E-state index contributed by atoms with van der Waals surface area (Å²) in [5, 5.41) is 4.15. The molecule has 2 heterocycles. The van der Waals surface area contributed by atoms with Crippen molar-refractivity contribution in [1.82, 2.24) is 15.2 Å². The minimum atomic E-state index is -0.199. The van der Waals surface area contributed by atoms with Crippen molar-refractivity contribution >= 4 is 0 Å². The van der Waals surface area contributed by atoms with Crippen molar-refractivity contribution in [2.45, 2.75) is 12.1 Å². The van der Waals surface area contributed by atoms with E-state index in [-0.39, 0.29) is 12.1 Å². The molecule has 0 aliphatic carbocycles. The number of aromatic nitrogens is 2. The molecule has 2 unspecified atom stereocenters. The standard InChI is InChI=1S/C13H16N4O2/c1-17-9(6-7-15-17)13(16-14)12-8-18-10-4-2-3-5-11(10)19-12/h2-7,12-13,16H,8,14H2,1H3. The van der Waals surface area contributed by atoms with Gasteiger partial charge in [-0.2, -0.15) is 5.10 Å². The van der Waals surface area contributed by atoms with Crippen molar-refractivity contribution in [3.63, 3.8) is 0 Å². The number of hydrogen-bond donors (Lipinski definition) is 2. The summed E-state index contributed by atoms with van der Waals surface area (Å²) >= 11 is 0. The molecule has 6 heteroatoms. The molecule has 1 aliphatic heterocycles. The lowest BCUT2D eigenvalue weighted by molar-refractivity contribution is 0.0595. The molecule has 2 aromatic rings. The van der Waals surface area contributed by atoms with Gasteiger partial charge in [0.15, 0.2) is 17.6 Å². The van der Waals surface area contributed by atoms with Gasteiger partial charge < -0.3 is 9.47 Å². The molecule has 3 rings (SSSR count). The maximum absolute atomic E-state index is 5.96. The molecule has 0 amide bonds. The van der Waals surface area contributed by atoms with Gasteiger partial charge in [-0.05, 0) is 18.2 Å². The van der Waals surface area contributed by atoms with E-state index in [4.69, 9.17) is 15.3 Å². The Hall–Kier alpha value is -2.05. The first-order chi connectivity index (χ1) is 9.29. The fraction of sp³-hybridized carbons (Fsp3) is 0.308. The number of nitrogens with zero attached hydrogens (tertiary/aromatic N) is 2. The number of aryl methyl sites for hydroxylation is 1. The molecule has 2 atom stereocenters. The molecule has 0 bridgehead atoms. The Labute approximate surface area is 111 Å². The minimum absolute atomic E-state index is 0.180. The Kier molecular flexibility index (Phi) is 3.10. The molecule has 0 fully saturated rings. The molecule has 0 radical (unpaired) electrons. The molecule has 1 aromatic heterocycles. The molecule has 0 spiro atoms. The van der Waals surface area contributed by atoms with Crippen LogP contribution in [0.15, 0.2) is 36.5 Å². The SMILES string of the molecule is Cn1nccc1C(NN)C1COc2ccccc2O1. The number of hydrazine groups is 1. The van der Waals surface area contributed by atoms with Gasteiger partial charge in [-0.25, -0.2) is 5.43 Å². The summed E-state index contributed by atoms with van der Waals surface area (Å²) < 4.78 is 13.4. The van der Waals surface area contributed by atoms with Gasteiger partial charge in [-0.1, -0.05) is 12.1 Å². The van der Waals surface area contributed by atoms with Crippen molar-refractivity contribution in [3.8, 4) is 11.5 Å². The summed E-state index contributed by atoms with van der Waals surface area (Å²) in [5.41, 5.74) is 3.73. The summed E-state index contributed by atoms with van der Waals surface area (Å²) in [4.78, 5) is 0. The summed E-state index contributed by atoms with van der Waals surface area (Å²) in [6.07, 6.45) is 1.53. The fourth-order valence-corrected chi connectivity index (χ4v) is 2.27. The van der Waals surface area contributed by atoms with E-state index in [1.807, 2.05) is 37.4 Å². The zero-order valence-corrected chi connectivity index (χ0v) is 10.6. The van der Waals surface area contributed by atoms with Gasteiger partial charge in [0.25, 0.3) is 0 Å². The average Bonchev–Trinajstić information content (AvgIpc) is 2.86. The van der Waals surface area contributed by atoms with E-state index in [9.17, 15) is 0 Å². The summed E-state index contributed by atoms with van der Waals surface area (Å²) in [6, 6.07) is 9.34. The lowest BCUT2D eigenvalue weighted by Crippen LogP contribution is -2.45. The molecule has 0 saturated carbocycles. The van der Waals surface area contributed by atoms with E-state index in [1.165, 1.54) is 0 Å². The Morgan fingerprint density at radius 2 is 2.16 bits per heavy atom. The lowest BCUT2D eigenvalue weighted by atomic mass is 10.1. The molecule has 3 N–H and O–H groups in total. The third-order valence-corrected chi connectivity index (χ3v) is 3.26. The second kappa shape index (κ2) is 4.91. The van der Waals surface area contributed by atoms with Crippen molar-refractivity contribution < 1.29 is 9.47 Å². The minimum Gasteiger partial charge on any atom is -0.486 e. The Morgan fingerprint density at radius 3 is 2.84 bits per heavy atom. The van der Waals surface area contributed by atoms with Crippen molar-refractivity contribution in [2.24, 2.45) is 12.9 Å². The quantitative estimate of drug-likeness (QED) is 0.629. The van der Waals surface area contributed by atoms with Crippen LogP contribution in [0.5, 0.6) is 11.5 Å². The van der Waals surface area contributed by atoms with Gasteiger partial charge in [-0.3, -0.25) is 10.5 Å². The summed E-state index contributed by atoms with van der Waals surface area (Å²) in [7, 11) is 1.87. The van der Waals surface area contributed by atoms with E-state index in [0.29, 0.717) is 6.61 Å². The van der Waals surface area contributed by atoms with Crippen LogP contribution in [0.4, 0.5) is 0 Å². The smallest absolute Gasteiger partial charge is 0.161 e. The molecular formula is C13H16N4O2. The first kappa shape index (κ1) is 12.0. The molecule has 100 valence electrons. The van der Waals surface area contributed by atoms with Crippen LogP contribution in [-0.4, -0.2) is 22.5 Å². The summed E-state index contributed by atoms with van der Waals surface area (Å²) in [5.74, 6) is 7.16. The number of benzene rings is 1. The van der Waals surface area contributed by atoms with Gasteiger partial charge >= 0.3 is 0 Å². The maximum Gasteiger partial charge on any atom is 0.161 e. The Bertz CT molecular complexity index is 569. The first-order valence-electron chi connectivity index (χ1n) is 6.12. The fourth-order valence-electron chi connectivity index (χ4n) is 2.27. The second-order valence-corrected chi connectivity index (χ2v) is 4.44. The van der Waals surface area contributed by atoms with Crippen LogP contribution < -0.4 is 20.7 Å². The van der Waals surface area contributed by atoms with Gasteiger partial charge in [0.2, 0.25) is 0 Å². The van der Waals surface area contributed by atoms with Crippen LogP contribution in [-0.2, 0) is 7.05 Å². The molecule has 19 heavy (non-hydrogen) atoms. The molecule has 1 aliphatic rings. The lowest BCUT2D eigenvalue weighted by Gasteiger charge is -2.31. The Morgan fingerprint density at radius 1 is 1.37 bits per heavy atom. The summed E-state index contributed by atoms with van der Waals surface area (Å²) in [6.45, 7) is 0.442. The van der Waals surface area contributed by atoms with Gasteiger partial charge in [-0.15, -0.1) is 0 Å². The highest BCUT2D eigenvalue weighted by Gasteiger charge is 2.30. The molecule has 6 nitrogen and oxygen atoms in total. The maximum atomic E-state index is 5.96. The van der Waals surface area contributed by atoms with Crippen LogP contribution >= 0.6 is 0 Å². The van der Waals surface area contributed by atoms with E-state index < -0.39 is 0 Å². The average molecular weight is 260 g/mol. The highest BCUT2D eigenvalue weighted by molar-refractivity contribution is 5.41. The van der Waals surface area contributed by atoms with E-state index in [2.05, 4.69) is 10.5 Å². The first-order valence-corrected chi connectivity index (χ1v) is 6.12. The normalized spacial score (nSPS) is 19.2. The molecule has 1 aromatic carbocycles. The number of para-hydroxylation sites is 2. The van der Waals surface area contributed by atoms with Crippen molar-refractivity contribution in [3.05, 3.63) is 42.2 Å². The van der Waals surface area contributed by atoms with Crippen LogP contribution in [0.25, 0.3) is 0 Å². The second-order valence-electron chi connectivity index (χ2n) is 4.44. The third-order valence-electron chi connectivity index (χ3n) is 3.26. The van der Waals surface area contributed by atoms with Crippen molar-refractivity contribution in [1.29, 1.82) is 0 Å². The van der Waals surface area contributed by atoms with Gasteiger partial charge in [0.05, 0.1) is 5.69 Å². The van der Waals surface area contributed by atoms with Gasteiger partial charge in [0, 0.05) is 13.2 Å². The van der Waals surface area contributed by atoms with Crippen LogP contribution in [0.1, 0.15) is 11.7 Å². The number of nitrogens with one attached hydrogen (secondary N) is 1. The zero-order chi connectivity index (χ0) is 13.2. The largest absolute Gasteiger partial charge is 0.486 e. The van der Waals surface area contributed by atoms with E-state index in [1.54, 1.807) is 10.9 Å². The van der Waals surface area contributed by atoms with Crippen molar-refractivity contribution in [2.75, 3.05) is 6.61 Å². The van der Waals surface area contributed by atoms with E-state index in [0.717, 1.165) is 17.2 Å². The number of hydrogen-bond acceptors (Lipinski definition) is 5. The highest BCUT2D eigenvalue weighted by atomic mass is 16.6. The van der Waals surface area contributed by atoms with Crippen LogP contribution in [0.3, 0.4) is 0 Å². The van der Waals surface area contributed by atoms with Crippen LogP contribution in [0.2, 0.25) is 0 Å². The van der Waals surface area contributed by atoms with Gasteiger partial charge in [0.1, 0.15) is 12.6 Å². The van der Waals surface area contributed by atoms with E-state index >= 15 is 0 Å². The predicted molar refractivity (Wildman–Crippen MR) is 69.6 cm³/mol. The van der Waals surface area contributed by atoms with Crippen LogP contribution in [0, 0.1) is 0 Å². The number of rotatable bonds is 3. The topological polar surface area (TPSA) is 74.3 Å². The number of ether oxygens (including phenoxy) is 2. The highest BCUT2D eigenvalue weighted by Crippen LogP contribution is 2.33. The predicted octanol–water partition coefficient (Wildman–Crippen LogP) is 0.764. The molecular weight excluding hydrogens is 244 g/mol. The zero-order valence-electron chi connectivity index (χ0n) is 10.6. The number of nitrogens with two attached hydrogens (primary N) is 1. The third kappa shape index (κ3) is 2.16. The Balaban J connectivity index is 1.85. The molecule has 0 saturated heterocycles.